The van der Waals surface area contributed by atoms with E-state index in [2.05, 4.69) is 34.5 Å². The quantitative estimate of drug-likeness (QED) is 0.341. The molecule has 2 rings (SSSR count). The zero-order valence-electron chi connectivity index (χ0n) is 11.4. The van der Waals surface area contributed by atoms with Gasteiger partial charge in [0.05, 0.1) is 11.7 Å². The Morgan fingerprint density at radius 1 is 1.05 bits per heavy atom. The monoisotopic (exact) mass is 313 g/mol. The number of aliphatic imine (C=N–C) groups is 1. The molecule has 0 saturated heterocycles. The summed E-state index contributed by atoms with van der Waals surface area (Å²) in [5, 5.41) is 4.00. The van der Waals surface area contributed by atoms with Gasteiger partial charge in [-0.2, -0.15) is 0 Å². The lowest BCUT2D eigenvalue weighted by Crippen LogP contribution is -1.96. The third kappa shape index (κ3) is 4.96. The normalized spacial score (nSPS) is 12.0. The summed E-state index contributed by atoms with van der Waals surface area (Å²) in [6.07, 6.45) is 2.58. The molecule has 0 fully saturated rings. The van der Waals surface area contributed by atoms with Gasteiger partial charge in [-0.1, -0.05) is 30.3 Å². The lowest BCUT2D eigenvalue weighted by atomic mass is 10.1. The van der Waals surface area contributed by atoms with Gasteiger partial charge in [-0.05, 0) is 60.1 Å². The maximum Gasteiger partial charge on any atom is 0.157 e. The van der Waals surface area contributed by atoms with Gasteiger partial charge < -0.3 is 4.55 Å². The molecular formula is C17H15NOS2. The SMILES string of the molecule is [O-][S+](C=CCCN=C=S)c1ccc(-c2ccccc2)cc1. The van der Waals surface area contributed by atoms with Crippen molar-refractivity contribution in [3.8, 4) is 11.1 Å². The maximum absolute atomic E-state index is 12.1. The zero-order valence-corrected chi connectivity index (χ0v) is 13.1. The van der Waals surface area contributed by atoms with Gasteiger partial charge in [0, 0.05) is 11.2 Å². The Labute approximate surface area is 133 Å². The van der Waals surface area contributed by atoms with Crippen molar-refractivity contribution in [2.45, 2.75) is 11.3 Å². The molecule has 2 aromatic rings. The molecule has 1 unspecified atom stereocenters. The fourth-order valence-corrected chi connectivity index (χ4v) is 2.79. The van der Waals surface area contributed by atoms with Crippen LogP contribution in [0.4, 0.5) is 0 Å². The number of hydrogen-bond donors (Lipinski definition) is 0. The van der Waals surface area contributed by atoms with E-state index in [1.807, 2.05) is 48.5 Å². The summed E-state index contributed by atoms with van der Waals surface area (Å²) in [5.74, 6) is 0. The molecule has 0 bridgehead atoms. The Balaban J connectivity index is 2.00. The topological polar surface area (TPSA) is 35.4 Å². The minimum atomic E-state index is -1.12. The summed E-state index contributed by atoms with van der Waals surface area (Å²) in [6, 6.07) is 17.9. The van der Waals surface area contributed by atoms with Crippen LogP contribution in [0.15, 0.2) is 76.0 Å². The molecular weight excluding hydrogens is 298 g/mol. The van der Waals surface area contributed by atoms with Gasteiger partial charge in [-0.25, -0.2) is 4.99 Å². The molecule has 0 aromatic heterocycles. The highest BCUT2D eigenvalue weighted by molar-refractivity contribution is 7.94. The first-order valence-electron chi connectivity index (χ1n) is 6.57. The number of benzene rings is 2. The van der Waals surface area contributed by atoms with Crippen molar-refractivity contribution in [3.63, 3.8) is 0 Å². The zero-order chi connectivity index (χ0) is 14.9. The molecule has 0 spiro atoms. The van der Waals surface area contributed by atoms with Crippen molar-refractivity contribution in [1.82, 2.24) is 0 Å². The van der Waals surface area contributed by atoms with E-state index in [0.717, 1.165) is 22.4 Å². The summed E-state index contributed by atoms with van der Waals surface area (Å²) in [6.45, 7) is 0.587. The van der Waals surface area contributed by atoms with Crippen LogP contribution in [-0.2, 0) is 11.2 Å². The van der Waals surface area contributed by atoms with Gasteiger partial charge in [-0.15, -0.1) is 0 Å². The summed E-state index contributed by atoms with van der Waals surface area (Å²) < 4.78 is 12.1. The molecule has 0 amide bonds. The molecule has 0 aliphatic rings. The van der Waals surface area contributed by atoms with Crippen molar-refractivity contribution in [2.24, 2.45) is 4.99 Å². The molecule has 0 saturated carbocycles. The van der Waals surface area contributed by atoms with Gasteiger partial charge in [0.2, 0.25) is 0 Å². The lowest BCUT2D eigenvalue weighted by Gasteiger charge is -2.06. The number of isothiocyanates is 1. The lowest BCUT2D eigenvalue weighted by molar-refractivity contribution is 0.603. The fourth-order valence-electron chi connectivity index (χ4n) is 1.83. The largest absolute Gasteiger partial charge is 0.607 e. The van der Waals surface area contributed by atoms with E-state index in [9.17, 15) is 4.55 Å². The first-order valence-corrected chi connectivity index (χ1v) is 8.20. The molecule has 0 aliphatic heterocycles. The van der Waals surface area contributed by atoms with Crippen molar-refractivity contribution in [1.29, 1.82) is 0 Å². The average Bonchev–Trinajstić information content (AvgIpc) is 2.55. The van der Waals surface area contributed by atoms with Crippen LogP contribution in [0.3, 0.4) is 0 Å². The van der Waals surface area contributed by atoms with Gasteiger partial charge >= 0.3 is 0 Å². The van der Waals surface area contributed by atoms with E-state index in [0.29, 0.717) is 6.54 Å². The minimum absolute atomic E-state index is 0.587. The number of rotatable bonds is 6. The van der Waals surface area contributed by atoms with Gasteiger partial charge in [0.15, 0.2) is 4.90 Å². The first kappa shape index (κ1) is 15.7. The number of thiocarbonyl (C=S) groups is 1. The molecule has 4 heteroatoms. The Hall–Kier alpha value is -1.71. The third-order valence-electron chi connectivity index (χ3n) is 2.89. The number of nitrogens with zero attached hydrogens (tertiary/aromatic N) is 1. The molecule has 0 heterocycles. The Kier molecular flexibility index (Phi) is 6.38. The minimum Gasteiger partial charge on any atom is -0.607 e. The Morgan fingerprint density at radius 2 is 1.71 bits per heavy atom. The van der Waals surface area contributed by atoms with Crippen LogP contribution in [0.1, 0.15) is 6.42 Å². The maximum atomic E-state index is 12.1. The third-order valence-corrected chi connectivity index (χ3v) is 4.19. The highest BCUT2D eigenvalue weighted by Crippen LogP contribution is 2.21. The molecule has 0 radical (unpaired) electrons. The first-order chi connectivity index (χ1) is 10.3. The number of hydrogen-bond acceptors (Lipinski definition) is 3. The standard InChI is InChI=1S/C17H15NOS2/c19-21(13-5-4-12-18-14-20)17-10-8-16(9-11-17)15-6-2-1-3-7-15/h1-3,5-11,13H,4,12H2. The van der Waals surface area contributed by atoms with Crippen LogP contribution in [0.25, 0.3) is 11.1 Å². The van der Waals surface area contributed by atoms with Crippen LogP contribution in [0.5, 0.6) is 0 Å². The highest BCUT2D eigenvalue weighted by Gasteiger charge is 2.07. The predicted molar refractivity (Wildman–Crippen MR) is 91.9 cm³/mol. The fraction of sp³-hybridized carbons (Fsp3) is 0.118. The van der Waals surface area contributed by atoms with Gasteiger partial charge in [-0.3, -0.25) is 0 Å². The van der Waals surface area contributed by atoms with Crippen LogP contribution in [-0.4, -0.2) is 16.3 Å². The molecule has 1 atom stereocenters. The van der Waals surface area contributed by atoms with Crippen LogP contribution >= 0.6 is 12.2 Å². The van der Waals surface area contributed by atoms with Gasteiger partial charge in [0.1, 0.15) is 5.41 Å². The second kappa shape index (κ2) is 8.55. The van der Waals surface area contributed by atoms with E-state index < -0.39 is 11.2 Å². The molecule has 0 aliphatic carbocycles. The predicted octanol–water partition coefficient (Wildman–Crippen LogP) is 4.47. The molecule has 106 valence electrons. The average molecular weight is 313 g/mol. The van der Waals surface area contributed by atoms with E-state index in [1.54, 1.807) is 5.41 Å². The van der Waals surface area contributed by atoms with Crippen molar-refractivity contribution < 1.29 is 4.55 Å². The molecule has 21 heavy (non-hydrogen) atoms. The van der Waals surface area contributed by atoms with Crippen molar-refractivity contribution >= 4 is 28.6 Å². The van der Waals surface area contributed by atoms with E-state index in [1.165, 1.54) is 0 Å². The van der Waals surface area contributed by atoms with Crippen LogP contribution < -0.4 is 0 Å². The van der Waals surface area contributed by atoms with Crippen molar-refractivity contribution in [3.05, 3.63) is 66.1 Å². The highest BCUT2D eigenvalue weighted by atomic mass is 32.2. The second-order valence-electron chi connectivity index (χ2n) is 4.32. The summed E-state index contributed by atoms with van der Waals surface area (Å²) in [4.78, 5) is 4.60. The molecule has 2 aromatic carbocycles. The van der Waals surface area contributed by atoms with E-state index >= 15 is 0 Å². The van der Waals surface area contributed by atoms with Crippen LogP contribution in [0, 0.1) is 0 Å². The van der Waals surface area contributed by atoms with Crippen LogP contribution in [0.2, 0.25) is 0 Å². The molecule has 2 nitrogen and oxygen atoms in total. The Morgan fingerprint density at radius 3 is 2.38 bits per heavy atom. The molecule has 0 N–H and O–H groups in total. The van der Waals surface area contributed by atoms with Gasteiger partial charge in [0.25, 0.3) is 0 Å². The summed E-state index contributed by atoms with van der Waals surface area (Å²) in [5.41, 5.74) is 2.28. The second-order valence-corrected chi connectivity index (χ2v) is 5.84. The smallest absolute Gasteiger partial charge is 0.157 e. The Bertz CT molecular complexity index is 632. The van der Waals surface area contributed by atoms with E-state index in [4.69, 9.17) is 0 Å². The summed E-state index contributed by atoms with van der Waals surface area (Å²) in [7, 11) is 0. The summed E-state index contributed by atoms with van der Waals surface area (Å²) >= 11 is 3.36. The van der Waals surface area contributed by atoms with Crippen molar-refractivity contribution in [2.75, 3.05) is 6.54 Å². The van der Waals surface area contributed by atoms with E-state index in [-0.39, 0.29) is 0 Å².